The monoisotopic (exact) mass is 238 g/mol. The zero-order chi connectivity index (χ0) is 13.1. The van der Waals surface area contributed by atoms with Gasteiger partial charge in [-0.05, 0) is 30.4 Å². The lowest BCUT2D eigenvalue weighted by Gasteiger charge is -2.25. The van der Waals surface area contributed by atoms with Crippen LogP contribution in [-0.4, -0.2) is 6.43 Å². The maximum Gasteiger partial charge on any atom is 0.251 e. The lowest BCUT2D eigenvalue weighted by atomic mass is 9.82. The highest BCUT2D eigenvalue weighted by Crippen LogP contribution is 2.32. The van der Waals surface area contributed by atoms with Crippen LogP contribution >= 0.6 is 0 Å². The van der Waals surface area contributed by atoms with E-state index in [1.165, 1.54) is 18.6 Å². The van der Waals surface area contributed by atoms with Gasteiger partial charge < -0.3 is 0 Å². The van der Waals surface area contributed by atoms with Crippen molar-refractivity contribution in [1.82, 2.24) is 0 Å². The van der Waals surface area contributed by atoms with Gasteiger partial charge in [-0.2, -0.15) is 0 Å². The first-order chi connectivity index (χ1) is 7.90. The minimum atomic E-state index is -2.43. The van der Waals surface area contributed by atoms with E-state index in [1.807, 2.05) is 12.1 Å². The van der Waals surface area contributed by atoms with Gasteiger partial charge in [0.25, 0.3) is 6.43 Å². The average Bonchev–Trinajstić information content (AvgIpc) is 2.28. The van der Waals surface area contributed by atoms with Crippen LogP contribution in [0.3, 0.4) is 0 Å². The van der Waals surface area contributed by atoms with Gasteiger partial charge in [0.05, 0.1) is 5.41 Å². The molecule has 94 valence electrons. The highest BCUT2D eigenvalue weighted by molar-refractivity contribution is 5.33. The van der Waals surface area contributed by atoms with Gasteiger partial charge in [0, 0.05) is 0 Å². The Balaban J connectivity index is 2.97. The summed E-state index contributed by atoms with van der Waals surface area (Å²) in [6, 6.07) is 7.43. The smallest absolute Gasteiger partial charge is 0.209 e. The van der Waals surface area contributed by atoms with Crippen LogP contribution in [0, 0.1) is 5.92 Å². The van der Waals surface area contributed by atoms with Gasteiger partial charge in [-0.3, -0.25) is 0 Å². The van der Waals surface area contributed by atoms with Crippen molar-refractivity contribution in [3.63, 3.8) is 0 Å². The fraction of sp³-hybridized carbons (Fsp3) is 0.467. The van der Waals surface area contributed by atoms with E-state index in [4.69, 9.17) is 0 Å². The molecule has 1 aromatic rings. The van der Waals surface area contributed by atoms with Crippen LogP contribution in [0.1, 0.15) is 31.9 Å². The Bertz CT molecular complexity index is 365. The van der Waals surface area contributed by atoms with Gasteiger partial charge in [0.2, 0.25) is 0 Å². The summed E-state index contributed by atoms with van der Waals surface area (Å²) < 4.78 is 26.0. The molecule has 0 N–H and O–H groups in total. The highest BCUT2D eigenvalue weighted by Gasteiger charge is 2.33. The summed E-state index contributed by atoms with van der Waals surface area (Å²) in [6.07, 6.45) is -0.134. The first-order valence-electron chi connectivity index (χ1n) is 5.91. The van der Waals surface area contributed by atoms with Gasteiger partial charge >= 0.3 is 0 Å². The quantitative estimate of drug-likeness (QED) is 0.658. The van der Waals surface area contributed by atoms with E-state index in [1.54, 1.807) is 12.1 Å². The lowest BCUT2D eigenvalue weighted by molar-refractivity contribution is 0.0848. The maximum absolute atomic E-state index is 13.0. The molecule has 0 aliphatic rings. The molecule has 0 aliphatic heterocycles. The summed E-state index contributed by atoms with van der Waals surface area (Å²) in [7, 11) is 0. The number of allylic oxidation sites excluding steroid dienone is 1. The summed E-state index contributed by atoms with van der Waals surface area (Å²) in [4.78, 5) is 0. The van der Waals surface area contributed by atoms with Crippen LogP contribution in [0.5, 0.6) is 0 Å². The molecule has 0 radical (unpaired) electrons. The molecule has 0 aromatic heterocycles. The molecule has 17 heavy (non-hydrogen) atoms. The number of benzene rings is 1. The Morgan fingerprint density at radius 2 is 1.76 bits per heavy atom. The van der Waals surface area contributed by atoms with E-state index in [2.05, 4.69) is 20.4 Å². The second-order valence-corrected chi connectivity index (χ2v) is 5.08. The Kier molecular flexibility index (Phi) is 4.44. The molecule has 0 fully saturated rings. The van der Waals surface area contributed by atoms with E-state index >= 15 is 0 Å². The molecule has 0 aliphatic carbocycles. The van der Waals surface area contributed by atoms with Crippen molar-refractivity contribution in [1.29, 1.82) is 0 Å². The van der Waals surface area contributed by atoms with Crippen molar-refractivity contribution < 1.29 is 8.78 Å². The molecule has 0 bridgehead atoms. The van der Waals surface area contributed by atoms with Crippen molar-refractivity contribution in [2.45, 2.75) is 39.0 Å². The SMILES string of the molecule is C=CC(C)(c1ccc(CC(C)C)cc1)C(F)F. The third kappa shape index (κ3) is 3.15. The second-order valence-electron chi connectivity index (χ2n) is 5.08. The minimum Gasteiger partial charge on any atom is -0.209 e. The van der Waals surface area contributed by atoms with E-state index in [0.717, 1.165) is 6.42 Å². The van der Waals surface area contributed by atoms with Crippen LogP contribution in [0.25, 0.3) is 0 Å². The molecule has 1 aromatic carbocycles. The van der Waals surface area contributed by atoms with Crippen molar-refractivity contribution in [2.75, 3.05) is 0 Å². The molecule has 0 nitrogen and oxygen atoms in total. The molecule has 0 heterocycles. The molecule has 2 heteroatoms. The van der Waals surface area contributed by atoms with Crippen LogP contribution in [-0.2, 0) is 11.8 Å². The Hall–Kier alpha value is -1.18. The molecular weight excluding hydrogens is 218 g/mol. The molecule has 0 spiro atoms. The van der Waals surface area contributed by atoms with Crippen molar-refractivity contribution >= 4 is 0 Å². The molecule has 1 unspecified atom stereocenters. The van der Waals surface area contributed by atoms with Gasteiger partial charge in [-0.1, -0.05) is 44.2 Å². The molecule has 0 amide bonds. The minimum absolute atomic E-state index is 0.571. The van der Waals surface area contributed by atoms with Gasteiger partial charge in [-0.25, -0.2) is 8.78 Å². The van der Waals surface area contributed by atoms with Gasteiger partial charge in [0.15, 0.2) is 0 Å². The summed E-state index contributed by atoms with van der Waals surface area (Å²) in [6.45, 7) is 9.32. The third-order valence-corrected chi connectivity index (χ3v) is 3.10. The third-order valence-electron chi connectivity index (χ3n) is 3.10. The summed E-state index contributed by atoms with van der Waals surface area (Å²) >= 11 is 0. The highest BCUT2D eigenvalue weighted by atomic mass is 19.3. The number of halogens is 2. The van der Waals surface area contributed by atoms with Crippen LogP contribution in [0.15, 0.2) is 36.9 Å². The lowest BCUT2D eigenvalue weighted by Crippen LogP contribution is -2.28. The summed E-state index contributed by atoms with van der Waals surface area (Å²) in [5.41, 5.74) is 0.551. The van der Waals surface area contributed by atoms with Crippen LogP contribution in [0.4, 0.5) is 8.78 Å². The van der Waals surface area contributed by atoms with E-state index in [9.17, 15) is 8.78 Å². The van der Waals surface area contributed by atoms with Gasteiger partial charge in [-0.15, -0.1) is 6.58 Å². The second kappa shape index (κ2) is 5.44. The van der Waals surface area contributed by atoms with Crippen molar-refractivity contribution in [2.24, 2.45) is 5.92 Å². The average molecular weight is 238 g/mol. The first kappa shape index (κ1) is 13.9. The molecule has 1 rings (SSSR count). The topological polar surface area (TPSA) is 0 Å². The molecule has 0 saturated carbocycles. The number of alkyl halides is 2. The predicted molar refractivity (Wildman–Crippen MR) is 68.5 cm³/mol. The Morgan fingerprint density at radius 1 is 1.24 bits per heavy atom. The maximum atomic E-state index is 13.0. The summed E-state index contributed by atoms with van der Waals surface area (Å²) in [5.74, 6) is 0.571. The molecular formula is C15H20F2. The standard InChI is InChI=1S/C15H20F2/c1-5-15(4,14(16)17)13-8-6-12(7-9-13)10-11(2)3/h5-9,11,14H,1,10H2,2-4H3. The van der Waals surface area contributed by atoms with Crippen molar-refractivity contribution in [3.8, 4) is 0 Å². The molecule has 1 atom stereocenters. The fourth-order valence-electron chi connectivity index (χ4n) is 1.80. The van der Waals surface area contributed by atoms with E-state index in [0.29, 0.717) is 11.5 Å². The zero-order valence-corrected chi connectivity index (χ0v) is 10.7. The van der Waals surface area contributed by atoms with E-state index < -0.39 is 11.8 Å². The van der Waals surface area contributed by atoms with E-state index in [-0.39, 0.29) is 0 Å². The van der Waals surface area contributed by atoms with Crippen LogP contribution in [0.2, 0.25) is 0 Å². The predicted octanol–water partition coefficient (Wildman–Crippen LogP) is 4.59. The Labute approximate surface area is 102 Å². The summed E-state index contributed by atoms with van der Waals surface area (Å²) in [5, 5.41) is 0. The van der Waals surface area contributed by atoms with Crippen molar-refractivity contribution in [3.05, 3.63) is 48.0 Å². The Morgan fingerprint density at radius 3 is 2.12 bits per heavy atom. The number of hydrogen-bond acceptors (Lipinski definition) is 0. The fourth-order valence-corrected chi connectivity index (χ4v) is 1.80. The van der Waals surface area contributed by atoms with Gasteiger partial charge in [0.1, 0.15) is 0 Å². The number of rotatable bonds is 5. The largest absolute Gasteiger partial charge is 0.251 e. The molecule has 0 saturated heterocycles. The number of hydrogen-bond donors (Lipinski definition) is 0. The first-order valence-corrected chi connectivity index (χ1v) is 5.91. The van der Waals surface area contributed by atoms with Crippen LogP contribution < -0.4 is 0 Å². The zero-order valence-electron chi connectivity index (χ0n) is 10.7. The normalized spacial score (nSPS) is 15.0.